The van der Waals surface area contributed by atoms with Crippen LogP contribution in [0.3, 0.4) is 0 Å². The average molecular weight is 1030 g/mol. The number of likely N-dealkylation sites (N-methyl/N-ethyl adjacent to an activating group) is 1. The van der Waals surface area contributed by atoms with Crippen LogP contribution in [0, 0.1) is 0 Å². The highest BCUT2D eigenvalue weighted by atomic mass is 127. The molecular weight excluding hydrogens is 918 g/mol. The van der Waals surface area contributed by atoms with Gasteiger partial charge >= 0.3 is 0 Å². The predicted octanol–water partition coefficient (Wildman–Crippen LogP) is 12.0. The van der Waals surface area contributed by atoms with Gasteiger partial charge in [0.05, 0.1) is 39.8 Å². The van der Waals surface area contributed by atoms with E-state index in [4.69, 9.17) is 0 Å². The smallest absolute Gasteiger partial charge is 0.128 e. The van der Waals surface area contributed by atoms with Crippen molar-refractivity contribution in [1.82, 2.24) is 0 Å². The summed E-state index contributed by atoms with van der Waals surface area (Å²) in [5, 5.41) is 0. The van der Waals surface area contributed by atoms with E-state index in [1.807, 2.05) is 0 Å². The lowest BCUT2D eigenvalue weighted by Gasteiger charge is -2.43. The van der Waals surface area contributed by atoms with Crippen LogP contribution in [-0.2, 0) is 0 Å². The second-order valence-corrected chi connectivity index (χ2v) is 19.4. The van der Waals surface area contributed by atoms with Crippen LogP contribution in [-0.4, -0.2) is 61.8 Å². The van der Waals surface area contributed by atoms with Gasteiger partial charge in [0.1, 0.15) is 13.1 Å². The second kappa shape index (κ2) is 50.0. The number of halogens is 2. The highest BCUT2D eigenvalue weighted by Crippen LogP contribution is 2.22. The second-order valence-electron chi connectivity index (χ2n) is 19.4. The van der Waals surface area contributed by atoms with E-state index in [2.05, 4.69) is 41.7 Å². The minimum Gasteiger partial charge on any atom is -1.00 e. The van der Waals surface area contributed by atoms with Crippen molar-refractivity contribution in [1.29, 1.82) is 0 Å². The Labute approximate surface area is 398 Å². The Balaban J connectivity index is -0.0000146. The maximum atomic E-state index is 2.71. The van der Waals surface area contributed by atoms with E-state index in [-0.39, 0.29) is 48.0 Å². The molecular formula is C53H112I2N2. The maximum Gasteiger partial charge on any atom is 0.128 e. The van der Waals surface area contributed by atoms with Crippen LogP contribution < -0.4 is 48.0 Å². The van der Waals surface area contributed by atoms with Crippen LogP contribution in [0.15, 0.2) is 0 Å². The van der Waals surface area contributed by atoms with E-state index >= 15 is 0 Å². The molecule has 348 valence electrons. The number of unbranched alkanes of at least 4 members (excludes halogenated alkanes) is 35. The lowest BCUT2D eigenvalue weighted by molar-refractivity contribution is -0.973. The van der Waals surface area contributed by atoms with Gasteiger partial charge in [0.2, 0.25) is 0 Å². The van der Waals surface area contributed by atoms with Gasteiger partial charge in [-0.2, -0.15) is 0 Å². The molecule has 0 spiro atoms. The molecule has 0 fully saturated rings. The molecule has 57 heavy (non-hydrogen) atoms. The minimum atomic E-state index is 0. The van der Waals surface area contributed by atoms with Gasteiger partial charge in [0, 0.05) is 0 Å². The molecule has 0 aromatic carbocycles. The molecule has 0 radical (unpaired) electrons. The molecule has 0 saturated heterocycles. The average Bonchev–Trinajstić information content (AvgIpc) is 3.19. The van der Waals surface area contributed by atoms with Gasteiger partial charge < -0.3 is 56.9 Å². The maximum absolute atomic E-state index is 2.71. The van der Waals surface area contributed by atoms with Gasteiger partial charge in [0.15, 0.2) is 0 Å². The van der Waals surface area contributed by atoms with Crippen molar-refractivity contribution < 1.29 is 56.9 Å². The third-order valence-corrected chi connectivity index (χ3v) is 13.7. The molecule has 0 bridgehead atoms. The Kier molecular flexibility index (Phi) is 55.0. The summed E-state index contributed by atoms with van der Waals surface area (Å²) < 4.78 is 2.82. The molecule has 4 heteroatoms. The summed E-state index contributed by atoms with van der Waals surface area (Å²) in [4.78, 5) is 0. The molecule has 0 rings (SSSR count). The summed E-state index contributed by atoms with van der Waals surface area (Å²) in [6.07, 6.45) is 58.1. The van der Waals surface area contributed by atoms with Crippen molar-refractivity contribution >= 4 is 0 Å². The van der Waals surface area contributed by atoms with Gasteiger partial charge in [-0.05, 0) is 64.2 Å². The monoisotopic (exact) mass is 1030 g/mol. The number of hydrogen-bond acceptors (Lipinski definition) is 0. The summed E-state index contributed by atoms with van der Waals surface area (Å²) in [5.41, 5.74) is 0. The zero-order chi connectivity index (χ0) is 40.2. The third-order valence-electron chi connectivity index (χ3n) is 13.7. The molecule has 0 aliphatic rings. The van der Waals surface area contributed by atoms with Gasteiger partial charge in [-0.1, -0.05) is 227 Å². The highest BCUT2D eigenvalue weighted by molar-refractivity contribution is 4.57. The molecule has 0 aliphatic heterocycles. The number of nitrogens with zero attached hydrogens (tertiary/aromatic N) is 2. The van der Waals surface area contributed by atoms with Crippen LogP contribution in [0.5, 0.6) is 0 Å². The number of rotatable bonds is 48. The topological polar surface area (TPSA) is 0 Å². The first-order chi connectivity index (χ1) is 27.0. The van der Waals surface area contributed by atoms with E-state index in [0.29, 0.717) is 0 Å². The highest BCUT2D eigenvalue weighted by Gasteiger charge is 2.31. The molecule has 0 aromatic rings. The van der Waals surface area contributed by atoms with E-state index in [9.17, 15) is 0 Å². The Bertz CT molecular complexity index is 645. The minimum absolute atomic E-state index is 0. The largest absolute Gasteiger partial charge is 1.00 e. The molecule has 0 heterocycles. The normalized spacial score (nSPS) is 11.9. The summed E-state index contributed by atoms with van der Waals surface area (Å²) in [7, 11) is 2.71. The standard InChI is InChI=1S/C53H112N2.2HI/c1-7-12-17-22-27-32-37-42-47-54(6,48-43-38-33-28-23-18-13-8-2)52-53-55(49-44-39-34-29-24-19-14-9-3,50-45-40-35-30-25-20-15-10-4)51-46-41-36-31-26-21-16-11-5;;/h7-53H2,1-6H3;2*1H/q+2;;/p-2. The van der Waals surface area contributed by atoms with Crippen molar-refractivity contribution in [2.24, 2.45) is 0 Å². The van der Waals surface area contributed by atoms with E-state index in [1.54, 1.807) is 0 Å². The van der Waals surface area contributed by atoms with E-state index < -0.39 is 0 Å². The molecule has 0 unspecified atom stereocenters. The fraction of sp³-hybridized carbons (Fsp3) is 1.00. The molecule has 2 nitrogen and oxygen atoms in total. The molecule has 0 aromatic heterocycles. The molecule has 0 N–H and O–H groups in total. The molecule has 0 atom stereocenters. The first-order valence-corrected chi connectivity index (χ1v) is 26.7. The van der Waals surface area contributed by atoms with Crippen LogP contribution in [0.25, 0.3) is 0 Å². The fourth-order valence-corrected chi connectivity index (χ4v) is 9.46. The van der Waals surface area contributed by atoms with Crippen LogP contribution in [0.4, 0.5) is 0 Å². The first kappa shape index (κ1) is 62.7. The third kappa shape index (κ3) is 43.8. The summed E-state index contributed by atoms with van der Waals surface area (Å²) in [6, 6.07) is 0. The lowest BCUT2D eigenvalue weighted by atomic mass is 10.0. The Morgan fingerprint density at radius 1 is 0.193 bits per heavy atom. The fourth-order valence-electron chi connectivity index (χ4n) is 9.46. The predicted molar refractivity (Wildman–Crippen MR) is 254 cm³/mol. The summed E-state index contributed by atoms with van der Waals surface area (Å²) in [5.74, 6) is 0. The zero-order valence-electron chi connectivity index (χ0n) is 40.9. The van der Waals surface area contributed by atoms with Crippen molar-refractivity contribution in [2.45, 2.75) is 291 Å². The lowest BCUT2D eigenvalue weighted by Crippen LogP contribution is -3.00. The van der Waals surface area contributed by atoms with Crippen LogP contribution in [0.1, 0.15) is 291 Å². The van der Waals surface area contributed by atoms with E-state index in [0.717, 1.165) is 0 Å². The Morgan fingerprint density at radius 3 is 0.579 bits per heavy atom. The molecule has 0 aliphatic carbocycles. The van der Waals surface area contributed by atoms with Crippen molar-refractivity contribution in [3.63, 3.8) is 0 Å². The van der Waals surface area contributed by atoms with Crippen molar-refractivity contribution in [2.75, 3.05) is 52.9 Å². The van der Waals surface area contributed by atoms with Crippen LogP contribution in [0.2, 0.25) is 0 Å². The van der Waals surface area contributed by atoms with Gasteiger partial charge in [-0.25, -0.2) is 0 Å². The molecule has 0 saturated carbocycles. The Hall–Kier alpha value is 1.38. The van der Waals surface area contributed by atoms with Gasteiger partial charge in [0.25, 0.3) is 0 Å². The number of hydrogen-bond donors (Lipinski definition) is 0. The summed E-state index contributed by atoms with van der Waals surface area (Å²) >= 11 is 0. The van der Waals surface area contributed by atoms with Gasteiger partial charge in [-0.15, -0.1) is 0 Å². The summed E-state index contributed by atoms with van der Waals surface area (Å²) in [6.45, 7) is 21.9. The van der Waals surface area contributed by atoms with E-state index in [1.165, 1.54) is 312 Å². The number of quaternary nitrogens is 2. The van der Waals surface area contributed by atoms with Gasteiger partial charge in [-0.3, -0.25) is 0 Å². The van der Waals surface area contributed by atoms with Crippen LogP contribution >= 0.6 is 0 Å². The first-order valence-electron chi connectivity index (χ1n) is 26.7. The Morgan fingerprint density at radius 2 is 0.368 bits per heavy atom. The van der Waals surface area contributed by atoms with Crippen molar-refractivity contribution in [3.8, 4) is 0 Å². The molecule has 0 amide bonds. The zero-order valence-corrected chi connectivity index (χ0v) is 45.2. The SMILES string of the molecule is CCCCCCCCCC[N+](C)(CCCCCCCCCC)CC[N+](CCCCCCCCCC)(CCCCCCCCCC)CCCCCCCCCC.[I-].[I-]. The van der Waals surface area contributed by atoms with Crippen molar-refractivity contribution in [3.05, 3.63) is 0 Å². The quantitative estimate of drug-likeness (QED) is 0.0324.